The van der Waals surface area contributed by atoms with Gasteiger partial charge in [-0.1, -0.05) is 30.3 Å². The van der Waals surface area contributed by atoms with Crippen LogP contribution in [-0.4, -0.2) is 34.2 Å². The van der Waals surface area contributed by atoms with Gasteiger partial charge in [0.1, 0.15) is 17.9 Å². The molecular weight excluding hydrogens is 298 g/mol. The fourth-order valence-electron chi connectivity index (χ4n) is 2.26. The molecule has 1 saturated heterocycles. The highest BCUT2D eigenvalue weighted by Gasteiger charge is 2.31. The van der Waals surface area contributed by atoms with Crippen LogP contribution < -0.4 is 5.32 Å². The highest BCUT2D eigenvalue weighted by atomic mass is 16.3. The van der Waals surface area contributed by atoms with Crippen LogP contribution in [0, 0.1) is 0 Å². The Morgan fingerprint density at radius 3 is 2.74 bits per heavy atom. The summed E-state index contributed by atoms with van der Waals surface area (Å²) in [6.07, 6.45) is 2.66. The van der Waals surface area contributed by atoms with Crippen LogP contribution in [0.3, 0.4) is 0 Å². The minimum Gasteiger partial charge on any atom is -0.443 e. The molecule has 1 fully saturated rings. The van der Waals surface area contributed by atoms with E-state index in [0.717, 1.165) is 10.5 Å². The Labute approximate surface area is 131 Å². The van der Waals surface area contributed by atoms with Gasteiger partial charge < -0.3 is 9.73 Å². The monoisotopic (exact) mass is 311 g/mol. The van der Waals surface area contributed by atoms with E-state index in [1.54, 1.807) is 0 Å². The molecule has 3 rings (SSSR count). The molecule has 0 spiro atoms. The molecule has 0 saturated carbocycles. The maximum absolute atomic E-state index is 12.3. The van der Waals surface area contributed by atoms with Crippen molar-refractivity contribution >= 4 is 23.8 Å². The number of benzene rings is 1. The molecule has 7 nitrogen and oxygen atoms in total. The number of carbonyl (C=O) groups excluding carboxylic acids is 3. The molecule has 1 N–H and O–H groups in total. The summed E-state index contributed by atoms with van der Waals surface area (Å²) < 4.78 is 5.37. The van der Waals surface area contributed by atoms with Gasteiger partial charge >= 0.3 is 0 Å². The second-order valence-corrected chi connectivity index (χ2v) is 4.95. The first-order chi connectivity index (χ1) is 11.1. The van der Waals surface area contributed by atoms with Crippen molar-refractivity contribution in [2.75, 3.05) is 6.54 Å². The van der Waals surface area contributed by atoms with E-state index in [-0.39, 0.29) is 12.2 Å². The van der Waals surface area contributed by atoms with Crippen LogP contribution >= 0.6 is 0 Å². The first-order valence-electron chi connectivity index (χ1n) is 6.89. The molecule has 2 heterocycles. The molecule has 116 valence electrons. The Kier molecular flexibility index (Phi) is 3.76. The van der Waals surface area contributed by atoms with E-state index in [2.05, 4.69) is 10.3 Å². The molecule has 0 atom stereocenters. The van der Waals surface area contributed by atoms with Crippen molar-refractivity contribution in [1.82, 2.24) is 15.2 Å². The van der Waals surface area contributed by atoms with Gasteiger partial charge in [0.05, 0.1) is 0 Å². The molecule has 23 heavy (non-hydrogen) atoms. The van der Waals surface area contributed by atoms with Gasteiger partial charge in [0.15, 0.2) is 12.2 Å². The maximum atomic E-state index is 12.3. The predicted octanol–water partition coefficient (Wildman–Crippen LogP) is 1.19. The molecule has 0 bridgehead atoms. The first-order valence-corrected chi connectivity index (χ1v) is 6.89. The quantitative estimate of drug-likeness (QED) is 0.841. The number of amides is 3. The Morgan fingerprint density at radius 2 is 2.04 bits per heavy atom. The molecule has 1 aromatic heterocycles. The van der Waals surface area contributed by atoms with Gasteiger partial charge in [0.2, 0.25) is 11.8 Å². The third kappa shape index (κ3) is 2.89. The summed E-state index contributed by atoms with van der Waals surface area (Å²) in [4.78, 5) is 40.3. The van der Waals surface area contributed by atoms with Gasteiger partial charge in [-0.3, -0.25) is 19.3 Å². The van der Waals surface area contributed by atoms with Crippen molar-refractivity contribution < 1.29 is 18.8 Å². The van der Waals surface area contributed by atoms with Gasteiger partial charge in [-0.25, -0.2) is 4.98 Å². The molecule has 1 aliphatic rings. The van der Waals surface area contributed by atoms with Gasteiger partial charge in [-0.2, -0.15) is 0 Å². The summed E-state index contributed by atoms with van der Waals surface area (Å²) in [6, 6.07) is 9.24. The Bertz CT molecular complexity index is 808. The van der Waals surface area contributed by atoms with Crippen molar-refractivity contribution in [2.24, 2.45) is 0 Å². The van der Waals surface area contributed by atoms with E-state index in [1.165, 1.54) is 19.4 Å². The van der Waals surface area contributed by atoms with Crippen molar-refractivity contribution in [3.8, 4) is 11.3 Å². The number of piperazine rings is 1. The fraction of sp³-hybridized carbons (Fsp3) is 0.125. The largest absolute Gasteiger partial charge is 0.443 e. The van der Waals surface area contributed by atoms with E-state index in [0.29, 0.717) is 11.5 Å². The normalized spacial score (nSPS) is 16.6. The zero-order chi connectivity index (χ0) is 16.4. The minimum atomic E-state index is -0.570. The number of carbonyl (C=O) groups is 3. The van der Waals surface area contributed by atoms with Gasteiger partial charge in [0, 0.05) is 12.5 Å². The average molecular weight is 311 g/mol. The second kappa shape index (κ2) is 5.88. The van der Waals surface area contributed by atoms with E-state index in [1.807, 2.05) is 30.3 Å². The second-order valence-electron chi connectivity index (χ2n) is 4.95. The maximum Gasteiger partial charge on any atom is 0.277 e. The van der Waals surface area contributed by atoms with E-state index in [4.69, 9.17) is 4.42 Å². The topological polar surface area (TPSA) is 92.5 Å². The minimum absolute atomic E-state index is 0.0115. The Hall–Kier alpha value is -3.22. The van der Waals surface area contributed by atoms with Crippen LogP contribution in [0.4, 0.5) is 0 Å². The number of rotatable bonds is 2. The lowest BCUT2D eigenvalue weighted by Gasteiger charge is -2.25. The van der Waals surface area contributed by atoms with E-state index >= 15 is 0 Å². The number of hydrogen-bond acceptors (Lipinski definition) is 5. The van der Waals surface area contributed by atoms with Crippen LogP contribution in [0.1, 0.15) is 12.6 Å². The zero-order valence-electron chi connectivity index (χ0n) is 12.3. The summed E-state index contributed by atoms with van der Waals surface area (Å²) >= 11 is 0. The van der Waals surface area contributed by atoms with Gasteiger partial charge in [-0.05, 0) is 6.08 Å². The first kappa shape index (κ1) is 14.7. The summed E-state index contributed by atoms with van der Waals surface area (Å²) in [5.74, 6) is -1.02. The van der Waals surface area contributed by atoms with Crippen LogP contribution in [0.2, 0.25) is 0 Å². The number of nitrogens with one attached hydrogen (secondary N) is 1. The van der Waals surface area contributed by atoms with Crippen molar-refractivity contribution in [1.29, 1.82) is 0 Å². The summed E-state index contributed by atoms with van der Waals surface area (Å²) in [7, 11) is 0. The SMILES string of the molecule is CC(=O)N1CC(=O)N/C(=C\c2ncoc2-c2ccccc2)C1=O. The van der Waals surface area contributed by atoms with Crippen LogP contribution in [-0.2, 0) is 14.4 Å². The lowest BCUT2D eigenvalue weighted by molar-refractivity contribution is -0.147. The average Bonchev–Trinajstić information content (AvgIpc) is 2.99. The van der Waals surface area contributed by atoms with E-state index < -0.39 is 17.7 Å². The molecule has 3 amide bonds. The van der Waals surface area contributed by atoms with Crippen molar-refractivity contribution in [3.05, 3.63) is 48.1 Å². The molecule has 0 radical (unpaired) electrons. The Balaban J connectivity index is 1.99. The van der Waals surface area contributed by atoms with Crippen molar-refractivity contribution in [2.45, 2.75) is 6.92 Å². The molecule has 1 aromatic carbocycles. The molecule has 0 aliphatic carbocycles. The summed E-state index contributed by atoms with van der Waals surface area (Å²) in [6.45, 7) is 0.954. The highest BCUT2D eigenvalue weighted by molar-refractivity contribution is 6.12. The van der Waals surface area contributed by atoms with Crippen molar-refractivity contribution in [3.63, 3.8) is 0 Å². The predicted molar refractivity (Wildman–Crippen MR) is 80.5 cm³/mol. The lowest BCUT2D eigenvalue weighted by Crippen LogP contribution is -2.51. The van der Waals surface area contributed by atoms with Crippen LogP contribution in [0.25, 0.3) is 17.4 Å². The lowest BCUT2D eigenvalue weighted by atomic mass is 10.1. The smallest absolute Gasteiger partial charge is 0.277 e. The summed E-state index contributed by atoms with van der Waals surface area (Å²) in [5, 5.41) is 2.47. The van der Waals surface area contributed by atoms with Gasteiger partial charge in [-0.15, -0.1) is 0 Å². The molecule has 7 heteroatoms. The highest BCUT2D eigenvalue weighted by Crippen LogP contribution is 2.24. The number of nitrogens with zero attached hydrogens (tertiary/aromatic N) is 2. The number of oxazole rings is 1. The number of imide groups is 1. The number of aromatic nitrogens is 1. The molecule has 2 aromatic rings. The Morgan fingerprint density at radius 1 is 1.30 bits per heavy atom. The van der Waals surface area contributed by atoms with E-state index in [9.17, 15) is 14.4 Å². The zero-order valence-corrected chi connectivity index (χ0v) is 12.3. The molecule has 0 unspecified atom stereocenters. The van der Waals surface area contributed by atoms with Crippen LogP contribution in [0.15, 0.2) is 46.8 Å². The molecule has 1 aliphatic heterocycles. The summed E-state index contributed by atoms with van der Waals surface area (Å²) in [5.41, 5.74) is 1.17. The van der Waals surface area contributed by atoms with Gasteiger partial charge in [0.25, 0.3) is 5.91 Å². The standard InChI is InChI=1S/C16H13N3O4/c1-10(20)19-8-14(21)18-13(16(19)22)7-12-15(23-9-17-12)11-5-3-2-4-6-11/h2-7,9H,8H2,1H3,(H,18,21)/b13-7-. The third-order valence-electron chi connectivity index (χ3n) is 3.34. The molecular formula is C16H13N3O4. The fourth-order valence-corrected chi connectivity index (χ4v) is 2.26. The van der Waals surface area contributed by atoms with Crippen LogP contribution in [0.5, 0.6) is 0 Å². The number of hydrogen-bond donors (Lipinski definition) is 1. The third-order valence-corrected chi connectivity index (χ3v) is 3.34.